The van der Waals surface area contributed by atoms with E-state index in [4.69, 9.17) is 16.3 Å². The summed E-state index contributed by atoms with van der Waals surface area (Å²) in [7, 11) is 0. The van der Waals surface area contributed by atoms with Gasteiger partial charge in [0, 0.05) is 18.6 Å². The molecule has 1 unspecified atom stereocenters. The maximum atomic E-state index is 10.6. The van der Waals surface area contributed by atoms with Crippen molar-refractivity contribution >= 4 is 17.3 Å². The largest absolute Gasteiger partial charge is 0.492 e. The normalized spacial score (nSPS) is 13.2. The Hall–Kier alpha value is -1.84. The van der Waals surface area contributed by atoms with Crippen molar-refractivity contribution in [3.05, 3.63) is 33.3 Å². The molecule has 0 heterocycles. The smallest absolute Gasteiger partial charge is 0.271 e. The van der Waals surface area contributed by atoms with Crippen LogP contribution in [-0.2, 0) is 0 Å². The molecule has 0 aliphatic rings. The number of rotatable bonds is 8. The predicted octanol–water partition coefficient (Wildman–Crippen LogP) is 3.30. The van der Waals surface area contributed by atoms with Gasteiger partial charge in [-0.05, 0) is 26.0 Å². The molecule has 21 heavy (non-hydrogen) atoms. The van der Waals surface area contributed by atoms with E-state index in [9.17, 15) is 15.4 Å². The minimum absolute atomic E-state index is 0.0844. The molecule has 1 rings (SSSR count). The number of benzene rings is 1. The van der Waals surface area contributed by atoms with Gasteiger partial charge < -0.3 is 4.74 Å². The van der Waals surface area contributed by atoms with Crippen molar-refractivity contribution in [3.63, 3.8) is 0 Å². The minimum atomic E-state index is -0.663. The van der Waals surface area contributed by atoms with Crippen LogP contribution in [0.25, 0.3) is 0 Å². The summed E-state index contributed by atoms with van der Waals surface area (Å²) in [5.74, 6) is 0.373. The van der Waals surface area contributed by atoms with E-state index in [0.717, 1.165) is 13.0 Å². The number of halogens is 1. The van der Waals surface area contributed by atoms with E-state index >= 15 is 0 Å². The zero-order valence-corrected chi connectivity index (χ0v) is 12.8. The average Bonchev–Trinajstić information content (AvgIpc) is 2.46. The van der Waals surface area contributed by atoms with Crippen molar-refractivity contribution in [1.29, 1.82) is 5.26 Å². The van der Waals surface area contributed by atoms with E-state index in [0.29, 0.717) is 12.2 Å². The predicted molar refractivity (Wildman–Crippen MR) is 80.5 cm³/mol. The first kappa shape index (κ1) is 17.2. The molecule has 1 aromatic rings. The number of hydrogen-bond acceptors (Lipinski definition) is 5. The summed E-state index contributed by atoms with van der Waals surface area (Å²) in [5, 5.41) is 23.1. The van der Waals surface area contributed by atoms with E-state index in [1.807, 2.05) is 13.8 Å². The molecule has 7 heteroatoms. The zero-order valence-electron chi connectivity index (χ0n) is 12.1. The van der Waals surface area contributed by atoms with Gasteiger partial charge in [-0.25, -0.2) is 0 Å². The average molecular weight is 312 g/mol. The Morgan fingerprint density at radius 2 is 2.29 bits per heavy atom. The Labute approximate surface area is 128 Å². The fraction of sp³-hybridized carbons (Fsp3) is 0.500. The first-order valence-corrected chi connectivity index (χ1v) is 7.02. The highest BCUT2D eigenvalue weighted by Crippen LogP contribution is 2.29. The van der Waals surface area contributed by atoms with Crippen LogP contribution >= 0.6 is 11.6 Å². The Bertz CT molecular complexity index is 545. The summed E-state index contributed by atoms with van der Waals surface area (Å²) in [5.41, 5.74) is -0.748. The third-order valence-electron chi connectivity index (χ3n) is 3.00. The highest BCUT2D eigenvalue weighted by molar-refractivity contribution is 6.32. The molecule has 1 aromatic carbocycles. The van der Waals surface area contributed by atoms with Gasteiger partial charge in [-0.15, -0.1) is 0 Å². The van der Waals surface area contributed by atoms with E-state index in [1.165, 1.54) is 18.2 Å². The Kier molecular flexibility index (Phi) is 6.40. The van der Waals surface area contributed by atoms with Gasteiger partial charge in [-0.3, -0.25) is 15.4 Å². The van der Waals surface area contributed by atoms with E-state index < -0.39 is 10.5 Å². The number of ether oxygens (including phenoxy) is 1. The molecule has 114 valence electrons. The molecule has 0 spiro atoms. The van der Waals surface area contributed by atoms with Crippen LogP contribution in [0.5, 0.6) is 5.75 Å². The second-order valence-corrected chi connectivity index (χ2v) is 5.25. The van der Waals surface area contributed by atoms with Crippen LogP contribution in [0.1, 0.15) is 26.7 Å². The molecule has 0 aromatic heterocycles. The highest BCUT2D eigenvalue weighted by atomic mass is 35.5. The first-order valence-electron chi connectivity index (χ1n) is 6.65. The van der Waals surface area contributed by atoms with Crippen LogP contribution in [0.3, 0.4) is 0 Å². The molecular formula is C14H18ClN3O3. The fourth-order valence-corrected chi connectivity index (χ4v) is 1.90. The number of nitrogens with zero attached hydrogens (tertiary/aromatic N) is 2. The lowest BCUT2D eigenvalue weighted by atomic mass is 10.0. The summed E-state index contributed by atoms with van der Waals surface area (Å²) < 4.78 is 5.50. The van der Waals surface area contributed by atoms with E-state index in [1.54, 1.807) is 0 Å². The molecule has 1 atom stereocenters. The Balaban J connectivity index is 2.60. The molecule has 0 saturated heterocycles. The number of nitro benzene ring substituents is 1. The van der Waals surface area contributed by atoms with Crippen molar-refractivity contribution in [3.8, 4) is 11.8 Å². The van der Waals surface area contributed by atoms with Gasteiger partial charge in [0.25, 0.3) is 5.69 Å². The van der Waals surface area contributed by atoms with Crippen LogP contribution in [-0.4, -0.2) is 23.6 Å². The van der Waals surface area contributed by atoms with Gasteiger partial charge in [-0.1, -0.05) is 18.5 Å². The minimum Gasteiger partial charge on any atom is -0.492 e. The lowest BCUT2D eigenvalue weighted by molar-refractivity contribution is -0.384. The summed E-state index contributed by atoms with van der Waals surface area (Å²) in [6, 6.07) is 6.27. The Morgan fingerprint density at radius 3 is 2.81 bits per heavy atom. The quantitative estimate of drug-likeness (QED) is 0.588. The number of nitriles is 1. The second-order valence-electron chi connectivity index (χ2n) is 4.84. The van der Waals surface area contributed by atoms with Crippen molar-refractivity contribution in [2.24, 2.45) is 0 Å². The van der Waals surface area contributed by atoms with Crippen LogP contribution in [0.15, 0.2) is 18.2 Å². The van der Waals surface area contributed by atoms with E-state index in [2.05, 4.69) is 11.4 Å². The van der Waals surface area contributed by atoms with Crippen LogP contribution < -0.4 is 10.1 Å². The second kappa shape index (κ2) is 7.81. The van der Waals surface area contributed by atoms with Crippen LogP contribution in [0.4, 0.5) is 5.69 Å². The molecule has 0 aliphatic heterocycles. The zero-order chi connectivity index (χ0) is 15.9. The highest BCUT2D eigenvalue weighted by Gasteiger charge is 2.22. The summed E-state index contributed by atoms with van der Waals surface area (Å²) in [6.07, 6.45) is 1.42. The van der Waals surface area contributed by atoms with Gasteiger partial charge in [0.1, 0.15) is 11.3 Å². The van der Waals surface area contributed by atoms with Crippen molar-refractivity contribution in [2.75, 3.05) is 13.2 Å². The molecule has 0 amide bonds. The molecule has 0 bridgehead atoms. The monoisotopic (exact) mass is 311 g/mol. The SMILES string of the molecule is CCCNC(C)(C#N)CCOc1ccc([N+](=O)[O-])cc1Cl. The molecule has 1 N–H and O–H groups in total. The first-order chi connectivity index (χ1) is 9.91. The van der Waals surface area contributed by atoms with Gasteiger partial charge in [0.15, 0.2) is 0 Å². The molecular weight excluding hydrogens is 294 g/mol. The van der Waals surface area contributed by atoms with Crippen LogP contribution in [0, 0.1) is 21.4 Å². The summed E-state index contributed by atoms with van der Waals surface area (Å²) >= 11 is 5.93. The van der Waals surface area contributed by atoms with Gasteiger partial charge in [-0.2, -0.15) is 5.26 Å². The van der Waals surface area contributed by atoms with Gasteiger partial charge in [0.2, 0.25) is 0 Å². The Morgan fingerprint density at radius 1 is 1.57 bits per heavy atom. The topological polar surface area (TPSA) is 88.2 Å². The number of nitro groups is 1. The molecule has 6 nitrogen and oxygen atoms in total. The summed E-state index contributed by atoms with van der Waals surface area (Å²) in [6.45, 7) is 4.88. The fourth-order valence-electron chi connectivity index (χ4n) is 1.67. The van der Waals surface area contributed by atoms with Crippen molar-refractivity contribution in [1.82, 2.24) is 5.32 Å². The maximum Gasteiger partial charge on any atom is 0.271 e. The molecule has 0 saturated carbocycles. The van der Waals surface area contributed by atoms with E-state index in [-0.39, 0.29) is 17.3 Å². The molecule has 0 fully saturated rings. The van der Waals surface area contributed by atoms with Gasteiger partial charge >= 0.3 is 0 Å². The van der Waals surface area contributed by atoms with Crippen LogP contribution in [0.2, 0.25) is 5.02 Å². The molecule has 0 radical (unpaired) electrons. The third-order valence-corrected chi connectivity index (χ3v) is 3.29. The van der Waals surface area contributed by atoms with Crippen molar-refractivity contribution < 1.29 is 9.66 Å². The number of non-ortho nitro benzene ring substituents is 1. The molecule has 0 aliphatic carbocycles. The van der Waals surface area contributed by atoms with Crippen molar-refractivity contribution in [2.45, 2.75) is 32.2 Å². The standard InChI is InChI=1S/C14H18ClN3O3/c1-3-7-17-14(2,10-16)6-8-21-13-5-4-11(18(19)20)9-12(13)15/h4-5,9,17H,3,6-8H2,1-2H3. The lowest BCUT2D eigenvalue weighted by Crippen LogP contribution is -2.42. The number of nitrogens with one attached hydrogen (secondary N) is 1. The maximum absolute atomic E-state index is 10.6. The van der Waals surface area contributed by atoms with Gasteiger partial charge in [0.05, 0.1) is 22.6 Å². The number of hydrogen-bond donors (Lipinski definition) is 1. The third kappa shape index (κ3) is 5.21. The summed E-state index contributed by atoms with van der Waals surface area (Å²) in [4.78, 5) is 10.1. The lowest BCUT2D eigenvalue weighted by Gasteiger charge is -2.23.